The van der Waals surface area contributed by atoms with Crippen LogP contribution in [0.25, 0.3) is 0 Å². The Kier molecular flexibility index (Phi) is 7.82. The molecule has 0 unspecified atom stereocenters. The zero-order valence-corrected chi connectivity index (χ0v) is 18.1. The van der Waals surface area contributed by atoms with E-state index in [2.05, 4.69) is 6.07 Å². The summed E-state index contributed by atoms with van der Waals surface area (Å²) in [5, 5.41) is 2.03. The Morgan fingerprint density at radius 1 is 1.03 bits per heavy atom. The van der Waals surface area contributed by atoms with E-state index in [9.17, 15) is 9.59 Å². The molecule has 3 rings (SSSR count). The number of aryl methyl sites for hydroxylation is 1. The fraction of sp³-hybridized carbons (Fsp3) is 0.304. The minimum atomic E-state index is -0.322. The molecule has 0 atom stereocenters. The maximum atomic E-state index is 13.3. The minimum Gasteiger partial charge on any atom is -0.459 e. The van der Waals surface area contributed by atoms with Crippen LogP contribution in [-0.4, -0.2) is 48.4 Å². The van der Waals surface area contributed by atoms with Gasteiger partial charge in [0, 0.05) is 25.1 Å². The third-order valence-corrected chi connectivity index (χ3v) is 5.79. The molecule has 2 heterocycles. The fourth-order valence-electron chi connectivity index (χ4n) is 3.05. The Hall–Kier alpha value is -2.90. The van der Waals surface area contributed by atoms with Crippen molar-refractivity contribution in [1.82, 2.24) is 9.80 Å². The van der Waals surface area contributed by atoms with Crippen LogP contribution in [0.1, 0.15) is 26.6 Å². The molecule has 6 nitrogen and oxygen atoms in total. The van der Waals surface area contributed by atoms with E-state index in [1.54, 1.807) is 35.5 Å². The lowest BCUT2D eigenvalue weighted by molar-refractivity contribution is -0.133. The second-order valence-corrected chi connectivity index (χ2v) is 7.96. The quantitative estimate of drug-likeness (QED) is 0.492. The number of amides is 2. The fourth-order valence-corrected chi connectivity index (χ4v) is 3.97. The molecule has 158 valence electrons. The second kappa shape index (κ2) is 10.8. The highest BCUT2D eigenvalue weighted by Gasteiger charge is 2.24. The van der Waals surface area contributed by atoms with Gasteiger partial charge in [0.05, 0.1) is 19.4 Å². The van der Waals surface area contributed by atoms with Gasteiger partial charge in [0.1, 0.15) is 6.54 Å². The number of carbonyl (C=O) groups excluding carboxylic acids is 2. The predicted molar refractivity (Wildman–Crippen MR) is 116 cm³/mol. The van der Waals surface area contributed by atoms with Crippen molar-refractivity contribution >= 4 is 23.2 Å². The van der Waals surface area contributed by atoms with Crippen molar-refractivity contribution in [3.05, 3.63) is 81.9 Å². The van der Waals surface area contributed by atoms with Crippen molar-refractivity contribution in [2.24, 2.45) is 0 Å². The molecule has 1 aromatic carbocycles. The summed E-state index contributed by atoms with van der Waals surface area (Å²) >= 11 is 1.63. The van der Waals surface area contributed by atoms with Gasteiger partial charge in [-0.1, -0.05) is 30.3 Å². The number of hydrogen-bond donors (Lipinski definition) is 0. The molecule has 0 aliphatic rings. The number of carbonyl (C=O) groups is 2. The van der Waals surface area contributed by atoms with Gasteiger partial charge < -0.3 is 19.0 Å². The number of nitrogens with zero attached hydrogens (tertiary/aromatic N) is 2. The molecule has 0 radical (unpaired) electrons. The average molecular weight is 427 g/mol. The number of hydrogen-bond acceptors (Lipinski definition) is 5. The van der Waals surface area contributed by atoms with Crippen LogP contribution in [0.4, 0.5) is 0 Å². The molecule has 2 amide bonds. The van der Waals surface area contributed by atoms with Gasteiger partial charge in [-0.3, -0.25) is 9.59 Å². The van der Waals surface area contributed by atoms with E-state index in [4.69, 9.17) is 9.15 Å². The lowest BCUT2D eigenvalue weighted by Crippen LogP contribution is -2.43. The third kappa shape index (κ3) is 5.81. The smallest absolute Gasteiger partial charge is 0.290 e. The number of methoxy groups -OCH3 is 1. The zero-order valence-electron chi connectivity index (χ0n) is 17.2. The predicted octanol–water partition coefficient (Wildman–Crippen LogP) is 3.97. The molecular formula is C23H26N2O4S. The number of rotatable bonds is 10. The van der Waals surface area contributed by atoms with Gasteiger partial charge >= 0.3 is 0 Å². The summed E-state index contributed by atoms with van der Waals surface area (Å²) in [6.45, 7) is 3.62. The van der Waals surface area contributed by atoms with Crippen molar-refractivity contribution in [2.45, 2.75) is 20.0 Å². The van der Waals surface area contributed by atoms with Crippen molar-refractivity contribution in [3.63, 3.8) is 0 Å². The Labute approximate surface area is 180 Å². The molecular weight excluding hydrogens is 400 g/mol. The Morgan fingerprint density at radius 2 is 1.83 bits per heavy atom. The summed E-state index contributed by atoms with van der Waals surface area (Å²) in [7, 11) is 1.57. The number of thiophene rings is 1. The van der Waals surface area contributed by atoms with Crippen molar-refractivity contribution in [2.75, 3.05) is 26.8 Å². The number of benzene rings is 1. The molecule has 0 saturated heterocycles. The molecule has 0 N–H and O–H groups in total. The summed E-state index contributed by atoms with van der Waals surface area (Å²) in [5.74, 6) is -0.234. The molecule has 7 heteroatoms. The first-order valence-corrected chi connectivity index (χ1v) is 10.6. The molecule has 3 aromatic rings. The van der Waals surface area contributed by atoms with Gasteiger partial charge in [0.25, 0.3) is 5.91 Å². The maximum absolute atomic E-state index is 13.3. The number of ether oxygens (including phenoxy) is 1. The van der Waals surface area contributed by atoms with E-state index in [0.717, 1.165) is 16.0 Å². The van der Waals surface area contributed by atoms with E-state index >= 15 is 0 Å². The van der Waals surface area contributed by atoms with Crippen LogP contribution in [0.3, 0.4) is 0 Å². The van der Waals surface area contributed by atoms with E-state index in [-0.39, 0.29) is 24.1 Å². The second-order valence-electron chi connectivity index (χ2n) is 6.96. The van der Waals surface area contributed by atoms with Crippen LogP contribution >= 0.6 is 11.3 Å². The van der Waals surface area contributed by atoms with E-state index in [0.29, 0.717) is 26.2 Å². The summed E-state index contributed by atoms with van der Waals surface area (Å²) < 4.78 is 10.4. The first kappa shape index (κ1) is 21.8. The highest BCUT2D eigenvalue weighted by atomic mass is 32.1. The highest BCUT2D eigenvalue weighted by molar-refractivity contribution is 7.10. The Bertz CT molecular complexity index is 937. The summed E-state index contributed by atoms with van der Waals surface area (Å²) in [6, 6.07) is 15.2. The maximum Gasteiger partial charge on any atom is 0.290 e. The average Bonchev–Trinajstić information content (AvgIpc) is 3.43. The van der Waals surface area contributed by atoms with Gasteiger partial charge in [0.15, 0.2) is 5.76 Å². The standard InChI is InChI=1S/C23H26N2O4S/c1-18-10-14-30-21(18)16-25(15-19-7-4-3-5-8-19)22(26)17-24(11-13-28-2)23(27)20-9-6-12-29-20/h3-10,12,14H,11,13,15-17H2,1-2H3. The summed E-state index contributed by atoms with van der Waals surface area (Å²) in [4.78, 5) is 30.5. The molecule has 0 saturated carbocycles. The van der Waals surface area contributed by atoms with Gasteiger partial charge in [-0.2, -0.15) is 0 Å². The monoisotopic (exact) mass is 426 g/mol. The minimum absolute atomic E-state index is 0.0415. The van der Waals surface area contributed by atoms with E-state index in [1.807, 2.05) is 42.6 Å². The van der Waals surface area contributed by atoms with Gasteiger partial charge in [-0.05, 0) is 41.6 Å². The zero-order chi connectivity index (χ0) is 21.3. The molecule has 0 bridgehead atoms. The van der Waals surface area contributed by atoms with E-state index < -0.39 is 0 Å². The molecule has 0 fully saturated rings. The molecule has 30 heavy (non-hydrogen) atoms. The van der Waals surface area contributed by atoms with Crippen LogP contribution in [0, 0.1) is 6.92 Å². The van der Waals surface area contributed by atoms with Crippen LogP contribution in [-0.2, 0) is 22.6 Å². The summed E-state index contributed by atoms with van der Waals surface area (Å²) in [5.41, 5.74) is 2.20. The summed E-state index contributed by atoms with van der Waals surface area (Å²) in [6.07, 6.45) is 1.45. The van der Waals surface area contributed by atoms with Crippen LogP contribution in [0.5, 0.6) is 0 Å². The molecule has 0 aliphatic carbocycles. The molecule has 0 spiro atoms. The molecule has 0 aliphatic heterocycles. The van der Waals surface area contributed by atoms with Crippen LogP contribution < -0.4 is 0 Å². The van der Waals surface area contributed by atoms with Gasteiger partial charge in [-0.25, -0.2) is 0 Å². The normalized spacial score (nSPS) is 10.7. The SMILES string of the molecule is COCCN(CC(=O)N(Cc1ccccc1)Cc1sccc1C)C(=O)c1ccco1. The Balaban J connectivity index is 1.78. The van der Waals surface area contributed by atoms with Crippen molar-refractivity contribution < 1.29 is 18.7 Å². The number of furan rings is 1. The van der Waals surface area contributed by atoms with Crippen molar-refractivity contribution in [3.8, 4) is 0 Å². The lowest BCUT2D eigenvalue weighted by atomic mass is 10.2. The highest BCUT2D eigenvalue weighted by Crippen LogP contribution is 2.20. The van der Waals surface area contributed by atoms with Gasteiger partial charge in [-0.15, -0.1) is 11.3 Å². The first-order valence-electron chi connectivity index (χ1n) is 9.75. The largest absolute Gasteiger partial charge is 0.459 e. The Morgan fingerprint density at radius 3 is 2.47 bits per heavy atom. The lowest BCUT2D eigenvalue weighted by Gasteiger charge is -2.27. The topological polar surface area (TPSA) is 63.0 Å². The van der Waals surface area contributed by atoms with Crippen LogP contribution in [0.15, 0.2) is 64.6 Å². The first-order chi connectivity index (χ1) is 14.6. The van der Waals surface area contributed by atoms with E-state index in [1.165, 1.54) is 11.2 Å². The molecule has 2 aromatic heterocycles. The van der Waals surface area contributed by atoms with Crippen molar-refractivity contribution in [1.29, 1.82) is 0 Å². The van der Waals surface area contributed by atoms with Crippen LogP contribution in [0.2, 0.25) is 0 Å². The van der Waals surface area contributed by atoms with Gasteiger partial charge in [0.2, 0.25) is 5.91 Å². The third-order valence-electron chi connectivity index (χ3n) is 4.78.